The molecule has 0 atom stereocenters. The van der Waals surface area contributed by atoms with Crippen molar-refractivity contribution in [1.29, 1.82) is 0 Å². The average Bonchev–Trinajstić information content (AvgIpc) is 3.34. The molecule has 3 aromatic rings. The van der Waals surface area contributed by atoms with Crippen LogP contribution in [0.1, 0.15) is 25.7 Å². The van der Waals surface area contributed by atoms with Crippen LogP contribution in [0.5, 0.6) is 0 Å². The number of carbonyl (C=O) groups is 1. The molecule has 2 aromatic heterocycles. The second-order valence-electron chi connectivity index (χ2n) is 6.64. The van der Waals surface area contributed by atoms with E-state index in [1.807, 2.05) is 29.6 Å². The molecule has 1 aromatic carbocycles. The Morgan fingerprint density at radius 1 is 1.11 bits per heavy atom. The molecule has 0 unspecified atom stereocenters. The fourth-order valence-corrected chi connectivity index (χ4v) is 4.38. The number of rotatable bonds is 6. The Kier molecular flexibility index (Phi) is 6.28. The number of benzene rings is 1. The number of thioether (sulfide) groups is 1. The summed E-state index contributed by atoms with van der Waals surface area (Å²) >= 11 is 2.78. The molecule has 1 aliphatic heterocycles. The van der Waals surface area contributed by atoms with Crippen molar-refractivity contribution in [3.05, 3.63) is 41.8 Å². The van der Waals surface area contributed by atoms with E-state index >= 15 is 0 Å². The van der Waals surface area contributed by atoms with Crippen LogP contribution < -0.4 is 10.2 Å². The van der Waals surface area contributed by atoms with Gasteiger partial charge in [-0.2, -0.15) is 0 Å². The van der Waals surface area contributed by atoms with Crippen molar-refractivity contribution in [2.45, 2.75) is 30.9 Å². The first-order valence-electron chi connectivity index (χ1n) is 9.43. The first kappa shape index (κ1) is 19.0. The predicted octanol–water partition coefficient (Wildman–Crippen LogP) is 4.91. The van der Waals surface area contributed by atoms with Gasteiger partial charge in [0.05, 0.1) is 10.6 Å². The highest BCUT2D eigenvalue weighted by atomic mass is 32.2. The van der Waals surface area contributed by atoms with Gasteiger partial charge in [0.2, 0.25) is 5.91 Å². The smallest absolute Gasteiger partial charge is 0.277 e. The second kappa shape index (κ2) is 9.25. The fourth-order valence-electron chi connectivity index (χ4n) is 3.18. The third-order valence-electron chi connectivity index (χ3n) is 4.59. The zero-order valence-electron chi connectivity index (χ0n) is 15.5. The van der Waals surface area contributed by atoms with Crippen molar-refractivity contribution < 1.29 is 9.21 Å². The maximum atomic E-state index is 12.2. The lowest BCUT2D eigenvalue weighted by Gasteiger charge is -2.22. The van der Waals surface area contributed by atoms with E-state index in [1.165, 1.54) is 54.5 Å². The summed E-state index contributed by atoms with van der Waals surface area (Å²) in [4.78, 5) is 15.6. The van der Waals surface area contributed by atoms with Gasteiger partial charge in [0, 0.05) is 24.5 Å². The van der Waals surface area contributed by atoms with Gasteiger partial charge in [-0.25, -0.2) is 0 Å². The molecule has 1 aliphatic rings. The number of carbonyl (C=O) groups excluding carboxylic acids is 1. The molecule has 1 N–H and O–H groups in total. The molecule has 0 bridgehead atoms. The standard InChI is InChI=1S/C20H22N4O2S2/c25-18(14-28-20-23-22-19(26-20)17-6-5-13-27-17)21-15-7-9-16(10-8-15)24-11-3-1-2-4-12-24/h5-10,13H,1-4,11-12,14H2,(H,21,25). The Labute approximate surface area is 172 Å². The van der Waals surface area contributed by atoms with Gasteiger partial charge in [0.15, 0.2) is 0 Å². The fraction of sp³-hybridized carbons (Fsp3) is 0.350. The van der Waals surface area contributed by atoms with Crippen molar-refractivity contribution in [3.8, 4) is 10.8 Å². The molecule has 6 nitrogen and oxygen atoms in total. The highest BCUT2D eigenvalue weighted by molar-refractivity contribution is 7.99. The Hall–Kier alpha value is -2.32. The molecule has 8 heteroatoms. The maximum Gasteiger partial charge on any atom is 0.277 e. The van der Waals surface area contributed by atoms with E-state index in [-0.39, 0.29) is 11.7 Å². The van der Waals surface area contributed by atoms with Crippen LogP contribution in [0.25, 0.3) is 10.8 Å². The van der Waals surface area contributed by atoms with Crippen molar-refractivity contribution in [1.82, 2.24) is 10.2 Å². The summed E-state index contributed by atoms with van der Waals surface area (Å²) in [6.07, 6.45) is 5.13. The summed E-state index contributed by atoms with van der Waals surface area (Å²) in [7, 11) is 0. The van der Waals surface area contributed by atoms with Crippen molar-refractivity contribution in [3.63, 3.8) is 0 Å². The molecule has 0 saturated carbocycles. The molecule has 1 saturated heterocycles. The second-order valence-corrected chi connectivity index (χ2v) is 8.51. The van der Waals surface area contributed by atoms with Gasteiger partial charge in [0.1, 0.15) is 0 Å². The topological polar surface area (TPSA) is 71.3 Å². The quantitative estimate of drug-likeness (QED) is 0.578. The SMILES string of the molecule is O=C(CSc1nnc(-c2cccs2)o1)Nc1ccc(N2CCCCCC2)cc1. The zero-order chi connectivity index (χ0) is 19.2. The molecule has 146 valence electrons. The first-order chi connectivity index (χ1) is 13.8. The summed E-state index contributed by atoms with van der Waals surface area (Å²) in [6.45, 7) is 2.22. The lowest BCUT2D eigenvalue weighted by Crippen LogP contribution is -2.23. The highest BCUT2D eigenvalue weighted by Gasteiger charge is 2.13. The van der Waals surface area contributed by atoms with Gasteiger partial charge in [-0.1, -0.05) is 30.7 Å². The Balaban J connectivity index is 1.28. The molecule has 4 rings (SSSR count). The number of hydrogen-bond acceptors (Lipinski definition) is 7. The van der Waals surface area contributed by atoms with E-state index in [9.17, 15) is 4.79 Å². The van der Waals surface area contributed by atoms with Crippen LogP contribution in [0.15, 0.2) is 51.4 Å². The Morgan fingerprint density at radius 2 is 1.89 bits per heavy atom. The third kappa shape index (κ3) is 4.94. The normalized spacial score (nSPS) is 14.6. The summed E-state index contributed by atoms with van der Waals surface area (Å²) in [6, 6.07) is 11.9. The van der Waals surface area contributed by atoms with Crippen molar-refractivity contribution in [2.24, 2.45) is 0 Å². The van der Waals surface area contributed by atoms with E-state index in [0.717, 1.165) is 23.7 Å². The van der Waals surface area contributed by atoms with Gasteiger partial charge >= 0.3 is 0 Å². The third-order valence-corrected chi connectivity index (χ3v) is 6.26. The van der Waals surface area contributed by atoms with Crippen LogP contribution in [0.2, 0.25) is 0 Å². The monoisotopic (exact) mass is 414 g/mol. The van der Waals surface area contributed by atoms with Crippen molar-refractivity contribution in [2.75, 3.05) is 29.1 Å². The highest BCUT2D eigenvalue weighted by Crippen LogP contribution is 2.27. The van der Waals surface area contributed by atoms with E-state index < -0.39 is 0 Å². The number of aromatic nitrogens is 2. The molecule has 0 aliphatic carbocycles. The first-order valence-corrected chi connectivity index (χ1v) is 11.3. The Morgan fingerprint density at radius 3 is 2.61 bits per heavy atom. The van der Waals surface area contributed by atoms with Gasteiger partial charge < -0.3 is 14.6 Å². The number of nitrogens with zero attached hydrogens (tertiary/aromatic N) is 3. The van der Waals surface area contributed by atoms with E-state index in [0.29, 0.717) is 11.1 Å². The molecule has 0 radical (unpaired) electrons. The molecular weight excluding hydrogens is 392 g/mol. The molecule has 1 fully saturated rings. The van der Waals surface area contributed by atoms with Crippen molar-refractivity contribution >= 4 is 40.4 Å². The van der Waals surface area contributed by atoms with Crippen LogP contribution >= 0.6 is 23.1 Å². The summed E-state index contributed by atoms with van der Waals surface area (Å²) in [5.41, 5.74) is 2.02. The van der Waals surface area contributed by atoms with E-state index in [1.54, 1.807) is 0 Å². The summed E-state index contributed by atoms with van der Waals surface area (Å²) < 4.78 is 5.59. The minimum Gasteiger partial charge on any atom is -0.410 e. The number of thiophene rings is 1. The molecular formula is C20H22N4O2S2. The summed E-state index contributed by atoms with van der Waals surface area (Å²) in [5, 5.41) is 13.3. The van der Waals surface area contributed by atoms with Crippen LogP contribution in [0.4, 0.5) is 11.4 Å². The van der Waals surface area contributed by atoms with E-state index in [4.69, 9.17) is 4.42 Å². The molecule has 3 heterocycles. The maximum absolute atomic E-state index is 12.2. The van der Waals surface area contributed by atoms with Crippen LogP contribution in [-0.4, -0.2) is 34.9 Å². The zero-order valence-corrected chi connectivity index (χ0v) is 17.1. The van der Waals surface area contributed by atoms with Crippen LogP contribution in [-0.2, 0) is 4.79 Å². The lowest BCUT2D eigenvalue weighted by atomic mass is 10.2. The molecule has 0 spiro atoms. The van der Waals surface area contributed by atoms with Gasteiger partial charge in [-0.05, 0) is 48.6 Å². The largest absolute Gasteiger partial charge is 0.410 e. The van der Waals surface area contributed by atoms with Gasteiger partial charge in [0.25, 0.3) is 11.1 Å². The minimum absolute atomic E-state index is 0.0941. The van der Waals surface area contributed by atoms with Crippen LogP contribution in [0, 0.1) is 0 Å². The lowest BCUT2D eigenvalue weighted by molar-refractivity contribution is -0.113. The van der Waals surface area contributed by atoms with E-state index in [2.05, 4.69) is 32.5 Å². The minimum atomic E-state index is -0.0941. The van der Waals surface area contributed by atoms with Gasteiger partial charge in [-0.3, -0.25) is 4.79 Å². The predicted molar refractivity (Wildman–Crippen MR) is 114 cm³/mol. The number of hydrogen-bond donors (Lipinski definition) is 1. The summed E-state index contributed by atoms with van der Waals surface area (Å²) in [5.74, 6) is 0.616. The average molecular weight is 415 g/mol. The number of amides is 1. The molecule has 1 amide bonds. The molecule has 28 heavy (non-hydrogen) atoms. The Bertz CT molecular complexity index is 885. The number of anilines is 2. The van der Waals surface area contributed by atoms with Crippen LogP contribution in [0.3, 0.4) is 0 Å². The van der Waals surface area contributed by atoms with Gasteiger partial charge in [-0.15, -0.1) is 21.5 Å². The number of nitrogens with one attached hydrogen (secondary N) is 1.